The largest absolute Gasteiger partial charge is 0.497 e. The second-order valence-electron chi connectivity index (χ2n) is 4.91. The van der Waals surface area contributed by atoms with E-state index in [9.17, 15) is 13.2 Å². The summed E-state index contributed by atoms with van der Waals surface area (Å²) in [5.74, 6) is 0.0193. The summed E-state index contributed by atoms with van der Waals surface area (Å²) in [5, 5.41) is 4.14. The summed E-state index contributed by atoms with van der Waals surface area (Å²) in [7, 11) is -2.36. The number of carbonyl (C=O) groups excluding carboxylic acids is 1. The average Bonchev–Trinajstić information content (AvgIpc) is 2.83. The van der Waals surface area contributed by atoms with E-state index in [2.05, 4.69) is 10.5 Å². The fourth-order valence-corrected chi connectivity index (χ4v) is 2.81. The molecular weight excluding hydrogens is 320 g/mol. The van der Waals surface area contributed by atoms with Gasteiger partial charge in [0.15, 0.2) is 0 Å². The van der Waals surface area contributed by atoms with Gasteiger partial charge in [0.25, 0.3) is 15.9 Å². The molecule has 0 spiro atoms. The van der Waals surface area contributed by atoms with E-state index in [1.807, 2.05) is 24.7 Å². The number of aromatic nitrogens is 2. The molecule has 0 unspecified atom stereocenters. The maximum Gasteiger partial charge on any atom is 0.257 e. The topological polar surface area (TPSA) is 102 Å². The van der Waals surface area contributed by atoms with Gasteiger partial charge in [0, 0.05) is 5.69 Å². The third kappa shape index (κ3) is 4.30. The fraction of sp³-hybridized carbons (Fsp3) is 0.286. The zero-order valence-electron chi connectivity index (χ0n) is 13.0. The second-order valence-corrected chi connectivity index (χ2v) is 6.60. The minimum atomic E-state index is -3.84. The highest BCUT2D eigenvalue weighted by Gasteiger charge is 2.15. The molecule has 1 amide bonds. The number of hydrazine groups is 1. The maximum atomic E-state index is 12.1. The molecule has 0 aliphatic heterocycles. The molecule has 1 aromatic heterocycles. The van der Waals surface area contributed by atoms with Crippen molar-refractivity contribution in [2.24, 2.45) is 0 Å². The van der Waals surface area contributed by atoms with Crippen LogP contribution in [-0.2, 0) is 21.4 Å². The average molecular weight is 338 g/mol. The minimum Gasteiger partial charge on any atom is -0.497 e. The number of benzene rings is 1. The molecule has 0 bridgehead atoms. The van der Waals surface area contributed by atoms with Gasteiger partial charge in [0.2, 0.25) is 0 Å². The van der Waals surface area contributed by atoms with Gasteiger partial charge in [0.05, 0.1) is 17.7 Å². The standard InChI is InChI=1S/C14H18N4O4S/c1-10-8-11(2)18(16-10)9-14(19)15-17-23(20,21)13-6-4-12(22-3)5-7-13/h4-8,17H,9H2,1-3H3,(H,15,19). The van der Waals surface area contributed by atoms with E-state index in [0.29, 0.717) is 5.75 Å². The quantitative estimate of drug-likeness (QED) is 0.748. The zero-order valence-corrected chi connectivity index (χ0v) is 13.8. The van der Waals surface area contributed by atoms with Crippen LogP contribution < -0.4 is 15.0 Å². The normalized spacial score (nSPS) is 11.3. The van der Waals surface area contributed by atoms with Gasteiger partial charge >= 0.3 is 0 Å². The number of nitrogens with zero attached hydrogens (tertiary/aromatic N) is 2. The number of sulfonamides is 1. The van der Waals surface area contributed by atoms with E-state index in [-0.39, 0.29) is 11.4 Å². The summed E-state index contributed by atoms with van der Waals surface area (Å²) in [5.41, 5.74) is 3.77. The van der Waals surface area contributed by atoms with Crippen molar-refractivity contribution in [2.45, 2.75) is 25.3 Å². The van der Waals surface area contributed by atoms with Crippen LogP contribution in [0.4, 0.5) is 0 Å². The third-order valence-corrected chi connectivity index (χ3v) is 4.35. The minimum absolute atomic E-state index is 0.0183. The van der Waals surface area contributed by atoms with Crippen LogP contribution in [0.15, 0.2) is 35.2 Å². The van der Waals surface area contributed by atoms with Gasteiger partial charge in [-0.2, -0.15) is 5.10 Å². The smallest absolute Gasteiger partial charge is 0.257 e. The predicted octanol–water partition coefficient (Wildman–Crippen LogP) is 0.518. The predicted molar refractivity (Wildman–Crippen MR) is 83.2 cm³/mol. The van der Waals surface area contributed by atoms with Crippen LogP contribution >= 0.6 is 0 Å². The molecule has 0 saturated heterocycles. The number of amides is 1. The molecule has 23 heavy (non-hydrogen) atoms. The monoisotopic (exact) mass is 338 g/mol. The van der Waals surface area contributed by atoms with Crippen LogP contribution in [0.1, 0.15) is 11.4 Å². The molecule has 1 heterocycles. The first-order valence-corrected chi connectivity index (χ1v) is 8.26. The van der Waals surface area contributed by atoms with Crippen LogP contribution in [0.25, 0.3) is 0 Å². The van der Waals surface area contributed by atoms with Crippen LogP contribution in [0, 0.1) is 13.8 Å². The van der Waals surface area contributed by atoms with Crippen molar-refractivity contribution in [2.75, 3.05) is 7.11 Å². The Bertz CT molecular complexity index is 797. The van der Waals surface area contributed by atoms with Gasteiger partial charge in [-0.05, 0) is 44.2 Å². The van der Waals surface area contributed by atoms with Gasteiger partial charge < -0.3 is 4.74 Å². The lowest BCUT2D eigenvalue weighted by molar-refractivity contribution is -0.122. The van der Waals surface area contributed by atoms with Crippen molar-refractivity contribution >= 4 is 15.9 Å². The molecule has 0 atom stereocenters. The number of hydrogen-bond donors (Lipinski definition) is 2. The maximum absolute atomic E-state index is 12.1. The van der Waals surface area contributed by atoms with Gasteiger partial charge in [-0.1, -0.05) is 0 Å². The number of hydrogen-bond acceptors (Lipinski definition) is 5. The molecule has 1 aromatic carbocycles. The van der Waals surface area contributed by atoms with Crippen molar-refractivity contribution < 1.29 is 17.9 Å². The molecular formula is C14H18N4O4S. The van der Waals surface area contributed by atoms with Crippen LogP contribution in [0.3, 0.4) is 0 Å². The first kappa shape index (κ1) is 17.0. The van der Waals surface area contributed by atoms with Crippen LogP contribution in [0.2, 0.25) is 0 Å². The van der Waals surface area contributed by atoms with Gasteiger partial charge in [-0.25, -0.2) is 8.42 Å². The SMILES string of the molecule is COc1ccc(S(=O)(=O)NNC(=O)Cn2nc(C)cc2C)cc1. The number of ether oxygens (including phenoxy) is 1. The Morgan fingerprint density at radius 3 is 2.43 bits per heavy atom. The Balaban J connectivity index is 1.98. The van der Waals surface area contributed by atoms with Gasteiger partial charge in [-0.3, -0.25) is 14.9 Å². The van der Waals surface area contributed by atoms with E-state index in [1.54, 1.807) is 0 Å². The molecule has 9 heteroatoms. The van der Waals surface area contributed by atoms with Gasteiger partial charge in [-0.15, -0.1) is 4.83 Å². The number of carbonyl (C=O) groups is 1. The lowest BCUT2D eigenvalue weighted by Gasteiger charge is -2.09. The van der Waals surface area contributed by atoms with E-state index in [4.69, 9.17) is 4.74 Å². The summed E-state index contributed by atoms with van der Waals surface area (Å²) in [4.78, 5) is 13.9. The fourth-order valence-electron chi connectivity index (χ4n) is 1.95. The van der Waals surface area contributed by atoms with E-state index in [1.165, 1.54) is 36.1 Å². The Morgan fingerprint density at radius 2 is 1.91 bits per heavy atom. The highest BCUT2D eigenvalue weighted by atomic mass is 32.2. The van der Waals surface area contributed by atoms with E-state index < -0.39 is 15.9 Å². The summed E-state index contributed by atoms with van der Waals surface area (Å²) >= 11 is 0. The highest BCUT2D eigenvalue weighted by molar-refractivity contribution is 7.89. The van der Waals surface area contributed by atoms with Gasteiger partial charge in [0.1, 0.15) is 12.3 Å². The highest BCUT2D eigenvalue weighted by Crippen LogP contribution is 2.14. The molecule has 0 radical (unpaired) electrons. The van der Waals surface area contributed by atoms with E-state index in [0.717, 1.165) is 11.4 Å². The van der Waals surface area contributed by atoms with Crippen LogP contribution in [0.5, 0.6) is 5.75 Å². The van der Waals surface area contributed by atoms with Crippen molar-refractivity contribution in [3.63, 3.8) is 0 Å². The molecule has 0 saturated carbocycles. The first-order chi connectivity index (χ1) is 10.8. The molecule has 2 N–H and O–H groups in total. The van der Waals surface area contributed by atoms with Crippen molar-refractivity contribution in [1.82, 2.24) is 20.0 Å². The lowest BCUT2D eigenvalue weighted by atomic mass is 10.3. The summed E-state index contributed by atoms with van der Waals surface area (Å²) < 4.78 is 30.6. The number of methoxy groups -OCH3 is 1. The Kier molecular flexibility index (Phi) is 5.02. The third-order valence-electron chi connectivity index (χ3n) is 3.09. The summed E-state index contributed by atoms with van der Waals surface area (Å²) in [6, 6.07) is 7.63. The molecule has 8 nitrogen and oxygen atoms in total. The Hall–Kier alpha value is -2.39. The summed E-state index contributed by atoms with van der Waals surface area (Å²) in [6.07, 6.45) is 0. The van der Waals surface area contributed by atoms with Crippen LogP contribution in [-0.4, -0.2) is 31.2 Å². The zero-order chi connectivity index (χ0) is 17.0. The Labute approximate surface area is 134 Å². The molecule has 2 rings (SSSR count). The van der Waals surface area contributed by atoms with Crippen molar-refractivity contribution in [3.8, 4) is 5.75 Å². The number of nitrogens with one attached hydrogen (secondary N) is 2. The lowest BCUT2D eigenvalue weighted by Crippen LogP contribution is -2.43. The molecule has 0 aliphatic rings. The molecule has 0 aliphatic carbocycles. The van der Waals surface area contributed by atoms with Crippen molar-refractivity contribution in [1.29, 1.82) is 0 Å². The molecule has 2 aromatic rings. The summed E-state index contributed by atoms with van der Waals surface area (Å²) in [6.45, 7) is 3.55. The molecule has 124 valence electrons. The Morgan fingerprint density at radius 1 is 1.26 bits per heavy atom. The number of rotatable bonds is 6. The van der Waals surface area contributed by atoms with Crippen molar-refractivity contribution in [3.05, 3.63) is 41.7 Å². The second kappa shape index (κ2) is 6.80. The first-order valence-electron chi connectivity index (χ1n) is 6.77. The number of aryl methyl sites for hydroxylation is 2. The van der Waals surface area contributed by atoms with E-state index >= 15 is 0 Å². The molecule has 0 fully saturated rings.